The number of hydrogen-bond donors (Lipinski definition) is 1. The first-order valence-electron chi connectivity index (χ1n) is 7.70. The van der Waals surface area contributed by atoms with Crippen molar-refractivity contribution in [1.29, 1.82) is 0 Å². The summed E-state index contributed by atoms with van der Waals surface area (Å²) in [6.07, 6.45) is -4.42. The highest BCUT2D eigenvalue weighted by molar-refractivity contribution is 7.89. The lowest BCUT2D eigenvalue weighted by molar-refractivity contribution is -0.141. The Bertz CT molecular complexity index is 761. The van der Waals surface area contributed by atoms with Gasteiger partial charge in [0.15, 0.2) is 0 Å². The summed E-state index contributed by atoms with van der Waals surface area (Å²) in [5.41, 5.74) is 4.97. The fourth-order valence-electron chi connectivity index (χ4n) is 2.74. The molecule has 0 aromatic heterocycles. The third kappa shape index (κ3) is 4.65. The third-order valence-corrected chi connectivity index (χ3v) is 5.87. The van der Waals surface area contributed by atoms with Crippen molar-refractivity contribution in [2.45, 2.75) is 30.0 Å². The van der Waals surface area contributed by atoms with Gasteiger partial charge in [-0.15, -0.1) is 0 Å². The molecule has 146 valence electrons. The van der Waals surface area contributed by atoms with Crippen LogP contribution < -0.4 is 10.5 Å². The number of primary amides is 1. The second kappa shape index (κ2) is 7.80. The van der Waals surface area contributed by atoms with Crippen LogP contribution >= 0.6 is 0 Å². The number of ether oxygens (including phenoxy) is 2. The smallest absolute Gasteiger partial charge is 0.402 e. The van der Waals surface area contributed by atoms with Gasteiger partial charge in [-0.1, -0.05) is 0 Å². The SMILES string of the molecule is COc1ccc(S(=O)(=O)N(CC(F)(F)F)C2CCOCC2)cc1C(N)=O. The summed E-state index contributed by atoms with van der Waals surface area (Å²) in [4.78, 5) is 11.0. The molecule has 0 bridgehead atoms. The van der Waals surface area contributed by atoms with Gasteiger partial charge in [0.2, 0.25) is 10.0 Å². The zero-order valence-electron chi connectivity index (χ0n) is 14.0. The molecule has 1 heterocycles. The number of sulfonamides is 1. The van der Waals surface area contributed by atoms with Gasteiger partial charge in [-0.3, -0.25) is 4.79 Å². The summed E-state index contributed by atoms with van der Waals surface area (Å²) in [5, 5.41) is 0. The molecule has 1 aliphatic rings. The number of halogens is 3. The molecule has 0 spiro atoms. The van der Waals surface area contributed by atoms with Crippen LogP contribution in [0.1, 0.15) is 23.2 Å². The summed E-state index contributed by atoms with van der Waals surface area (Å²) in [6.45, 7) is -1.29. The average Bonchev–Trinajstić information content (AvgIpc) is 2.59. The van der Waals surface area contributed by atoms with E-state index in [1.807, 2.05) is 0 Å². The van der Waals surface area contributed by atoms with Gasteiger partial charge < -0.3 is 15.2 Å². The van der Waals surface area contributed by atoms with Crippen LogP contribution in [0, 0.1) is 0 Å². The molecule has 1 saturated heterocycles. The minimum absolute atomic E-state index is 0.0323. The number of rotatable bonds is 6. The molecular formula is C15H19F3N2O5S. The molecule has 1 aromatic rings. The van der Waals surface area contributed by atoms with Gasteiger partial charge in [0, 0.05) is 19.3 Å². The largest absolute Gasteiger partial charge is 0.496 e. The summed E-state index contributed by atoms with van der Waals surface area (Å²) in [7, 11) is -3.26. The van der Waals surface area contributed by atoms with Crippen LogP contribution in [-0.2, 0) is 14.8 Å². The van der Waals surface area contributed by atoms with Crippen molar-refractivity contribution >= 4 is 15.9 Å². The number of hydrogen-bond acceptors (Lipinski definition) is 5. The molecule has 1 amide bonds. The highest BCUT2D eigenvalue weighted by atomic mass is 32.2. The lowest BCUT2D eigenvalue weighted by atomic mass is 10.1. The van der Waals surface area contributed by atoms with Crippen molar-refractivity contribution in [2.75, 3.05) is 26.9 Å². The molecule has 0 radical (unpaired) electrons. The Kier molecular flexibility index (Phi) is 6.14. The molecule has 0 saturated carbocycles. The van der Waals surface area contributed by atoms with Crippen molar-refractivity contribution in [1.82, 2.24) is 4.31 Å². The molecular weight excluding hydrogens is 377 g/mol. The summed E-state index contributed by atoms with van der Waals surface area (Å²) in [6, 6.07) is 2.35. The molecule has 1 aliphatic heterocycles. The van der Waals surface area contributed by atoms with Crippen LogP contribution in [0.5, 0.6) is 5.75 Å². The van der Waals surface area contributed by atoms with Gasteiger partial charge in [0.05, 0.1) is 17.6 Å². The Morgan fingerprint density at radius 3 is 2.46 bits per heavy atom. The van der Waals surface area contributed by atoms with Crippen LogP contribution in [0.25, 0.3) is 0 Å². The van der Waals surface area contributed by atoms with Gasteiger partial charge in [-0.2, -0.15) is 17.5 Å². The zero-order chi connectivity index (χ0) is 19.5. The fraction of sp³-hybridized carbons (Fsp3) is 0.533. The molecule has 26 heavy (non-hydrogen) atoms. The number of alkyl halides is 3. The number of nitrogens with two attached hydrogens (primary N) is 1. The number of methoxy groups -OCH3 is 1. The Hall–Kier alpha value is -1.85. The minimum atomic E-state index is -4.72. The lowest BCUT2D eigenvalue weighted by Gasteiger charge is -2.33. The van der Waals surface area contributed by atoms with Crippen molar-refractivity contribution in [3.8, 4) is 5.75 Å². The zero-order valence-corrected chi connectivity index (χ0v) is 14.8. The fourth-order valence-corrected chi connectivity index (χ4v) is 4.43. The monoisotopic (exact) mass is 396 g/mol. The summed E-state index contributed by atoms with van der Waals surface area (Å²) >= 11 is 0. The predicted molar refractivity (Wildman–Crippen MR) is 85.3 cm³/mol. The van der Waals surface area contributed by atoms with Crippen molar-refractivity contribution < 1.29 is 35.9 Å². The maximum atomic E-state index is 13.0. The predicted octanol–water partition coefficient (Wildman–Crippen LogP) is 1.53. The van der Waals surface area contributed by atoms with E-state index in [0.29, 0.717) is 4.31 Å². The molecule has 2 rings (SSSR count). The summed E-state index contributed by atoms with van der Waals surface area (Å²) < 4.78 is 75.2. The maximum Gasteiger partial charge on any atom is 0.402 e. The van der Waals surface area contributed by atoms with Crippen LogP contribution in [0.2, 0.25) is 0 Å². The maximum absolute atomic E-state index is 13.0. The molecule has 0 aliphatic carbocycles. The first-order valence-corrected chi connectivity index (χ1v) is 9.14. The van der Waals surface area contributed by atoms with Crippen molar-refractivity contribution in [3.63, 3.8) is 0 Å². The van der Waals surface area contributed by atoms with E-state index >= 15 is 0 Å². The van der Waals surface area contributed by atoms with E-state index in [2.05, 4.69) is 0 Å². The molecule has 0 atom stereocenters. The van der Waals surface area contributed by atoms with Crippen LogP contribution in [-0.4, -0.2) is 57.7 Å². The second-order valence-electron chi connectivity index (χ2n) is 5.74. The van der Waals surface area contributed by atoms with Gasteiger partial charge >= 0.3 is 6.18 Å². The van der Waals surface area contributed by atoms with Crippen molar-refractivity contribution in [3.05, 3.63) is 23.8 Å². The van der Waals surface area contributed by atoms with Gasteiger partial charge in [-0.05, 0) is 31.0 Å². The average molecular weight is 396 g/mol. The van der Waals surface area contributed by atoms with E-state index in [1.165, 1.54) is 13.2 Å². The number of carbonyl (C=O) groups is 1. The number of benzene rings is 1. The normalized spacial score (nSPS) is 16.7. The molecule has 0 unspecified atom stereocenters. The third-order valence-electron chi connectivity index (χ3n) is 3.98. The van der Waals surface area contributed by atoms with E-state index in [1.54, 1.807) is 0 Å². The first kappa shape index (κ1) is 20.5. The Morgan fingerprint density at radius 1 is 1.35 bits per heavy atom. The van der Waals surface area contributed by atoms with Crippen LogP contribution in [0.15, 0.2) is 23.1 Å². The van der Waals surface area contributed by atoms with Gasteiger partial charge in [-0.25, -0.2) is 8.42 Å². The standard InChI is InChI=1S/C15H19F3N2O5S/c1-24-13-3-2-11(8-12(13)14(19)21)26(22,23)20(9-15(16,17)18)10-4-6-25-7-5-10/h2-3,8,10H,4-7,9H2,1H3,(H2,19,21). The molecule has 1 aromatic carbocycles. The van der Waals surface area contributed by atoms with Gasteiger partial charge in [0.1, 0.15) is 12.3 Å². The molecule has 1 fully saturated rings. The highest BCUT2D eigenvalue weighted by Gasteiger charge is 2.41. The summed E-state index contributed by atoms with van der Waals surface area (Å²) in [5.74, 6) is -0.919. The molecule has 11 heteroatoms. The number of nitrogens with zero attached hydrogens (tertiary/aromatic N) is 1. The first-order chi connectivity index (χ1) is 12.1. The van der Waals surface area contributed by atoms with Gasteiger partial charge in [0.25, 0.3) is 5.91 Å². The Balaban J connectivity index is 2.48. The molecule has 7 nitrogen and oxygen atoms in total. The van der Waals surface area contributed by atoms with Crippen LogP contribution in [0.4, 0.5) is 13.2 Å². The van der Waals surface area contributed by atoms with Crippen LogP contribution in [0.3, 0.4) is 0 Å². The minimum Gasteiger partial charge on any atom is -0.496 e. The van der Waals surface area contributed by atoms with E-state index in [4.69, 9.17) is 15.2 Å². The van der Waals surface area contributed by atoms with E-state index in [-0.39, 0.29) is 37.4 Å². The van der Waals surface area contributed by atoms with Crippen molar-refractivity contribution in [2.24, 2.45) is 5.73 Å². The topological polar surface area (TPSA) is 98.9 Å². The highest BCUT2D eigenvalue weighted by Crippen LogP contribution is 2.30. The lowest BCUT2D eigenvalue weighted by Crippen LogP contribution is -2.47. The Morgan fingerprint density at radius 2 is 1.96 bits per heavy atom. The van der Waals surface area contributed by atoms with E-state index < -0.39 is 39.6 Å². The second-order valence-corrected chi connectivity index (χ2v) is 7.63. The van der Waals surface area contributed by atoms with E-state index in [9.17, 15) is 26.4 Å². The number of carbonyl (C=O) groups excluding carboxylic acids is 1. The molecule has 2 N–H and O–H groups in total. The Labute approximate surface area is 148 Å². The quantitative estimate of drug-likeness (QED) is 0.786. The number of amides is 1. The van der Waals surface area contributed by atoms with E-state index in [0.717, 1.165) is 12.1 Å².